The molecule has 0 unspecified atom stereocenters. The van der Waals surface area contributed by atoms with E-state index in [1.807, 2.05) is 26.8 Å². The molecule has 0 aromatic carbocycles. The van der Waals surface area contributed by atoms with Crippen LogP contribution in [0.1, 0.15) is 42.9 Å². The van der Waals surface area contributed by atoms with Crippen LogP contribution in [0.3, 0.4) is 0 Å². The molecule has 1 atom stereocenters. The highest BCUT2D eigenvalue weighted by atomic mass is 35.5. The third-order valence-corrected chi connectivity index (χ3v) is 4.63. The molecule has 30 heavy (non-hydrogen) atoms. The zero-order valence-corrected chi connectivity index (χ0v) is 18.2. The number of piperazine rings is 1. The molecular weight excluding hydrogens is 408 g/mol. The highest BCUT2D eigenvalue weighted by molar-refractivity contribution is 6.29. The van der Waals surface area contributed by atoms with Gasteiger partial charge in [0.05, 0.1) is 17.4 Å². The van der Waals surface area contributed by atoms with Gasteiger partial charge in [-0.1, -0.05) is 11.6 Å². The van der Waals surface area contributed by atoms with E-state index >= 15 is 0 Å². The lowest BCUT2D eigenvalue weighted by Crippen LogP contribution is -2.49. The molecule has 0 radical (unpaired) electrons. The van der Waals surface area contributed by atoms with E-state index in [2.05, 4.69) is 25.6 Å². The first-order valence-electron chi connectivity index (χ1n) is 9.59. The first-order valence-corrected chi connectivity index (χ1v) is 9.97. The average molecular weight is 433 g/mol. The van der Waals surface area contributed by atoms with E-state index in [0.29, 0.717) is 36.2 Å². The van der Waals surface area contributed by atoms with Crippen molar-refractivity contribution in [2.45, 2.75) is 32.4 Å². The topological polar surface area (TPSA) is 109 Å². The minimum atomic E-state index is -0.555. The van der Waals surface area contributed by atoms with E-state index in [1.165, 1.54) is 13.4 Å². The zero-order valence-electron chi connectivity index (χ0n) is 17.4. The maximum atomic E-state index is 12.5. The van der Waals surface area contributed by atoms with E-state index in [1.54, 1.807) is 17.0 Å². The van der Waals surface area contributed by atoms with Gasteiger partial charge in [0.25, 0.3) is 5.91 Å². The molecule has 1 aliphatic rings. The number of nitrogens with one attached hydrogen (secondary N) is 2. The second-order valence-electron chi connectivity index (χ2n) is 7.91. The Kier molecular flexibility index (Phi) is 6.52. The summed E-state index contributed by atoms with van der Waals surface area (Å²) in [7, 11) is 1.53. The number of aromatic nitrogens is 3. The molecule has 2 amide bonds. The molecule has 160 valence electrons. The van der Waals surface area contributed by atoms with Gasteiger partial charge in [0.15, 0.2) is 0 Å². The Labute approximate surface area is 180 Å². The Bertz CT molecular complexity index is 946. The van der Waals surface area contributed by atoms with Crippen molar-refractivity contribution in [1.29, 1.82) is 0 Å². The number of carbonyl (C=O) groups is 2. The summed E-state index contributed by atoms with van der Waals surface area (Å²) >= 11 is 6.27. The standard InChI is InChI=1S/C20H25ClN6O3/c1-20(2,3)30-19(29)27-6-5-23-16(10-27)12-7-14(26-17(21)8-12)13-9-15(18(28)22-4)25-11-24-13/h7-9,11,16,23H,5-6,10H2,1-4H3,(H,22,28)/t16-/m1/s1. The van der Waals surface area contributed by atoms with E-state index in [4.69, 9.17) is 16.3 Å². The van der Waals surface area contributed by atoms with E-state index in [-0.39, 0.29) is 23.7 Å². The molecule has 2 aromatic rings. The van der Waals surface area contributed by atoms with Crippen molar-refractivity contribution in [2.75, 3.05) is 26.7 Å². The van der Waals surface area contributed by atoms with Crippen LogP contribution in [0.4, 0.5) is 4.79 Å². The number of carbonyl (C=O) groups excluding carboxylic acids is 2. The first kappa shape index (κ1) is 21.9. The van der Waals surface area contributed by atoms with Crippen molar-refractivity contribution in [3.8, 4) is 11.4 Å². The fourth-order valence-electron chi connectivity index (χ4n) is 3.06. The Morgan fingerprint density at radius 1 is 1.23 bits per heavy atom. The van der Waals surface area contributed by atoms with Gasteiger partial charge in [0.1, 0.15) is 22.8 Å². The molecule has 1 fully saturated rings. The number of rotatable bonds is 3. The molecule has 1 aliphatic heterocycles. The molecule has 10 heteroatoms. The van der Waals surface area contributed by atoms with Gasteiger partial charge >= 0.3 is 6.09 Å². The maximum absolute atomic E-state index is 12.5. The van der Waals surface area contributed by atoms with Crippen molar-refractivity contribution in [3.63, 3.8) is 0 Å². The minimum absolute atomic E-state index is 0.147. The van der Waals surface area contributed by atoms with Gasteiger partial charge in [0.2, 0.25) is 0 Å². The molecule has 0 spiro atoms. The molecule has 3 heterocycles. The Morgan fingerprint density at radius 3 is 2.70 bits per heavy atom. The van der Waals surface area contributed by atoms with Gasteiger partial charge in [-0.25, -0.2) is 19.7 Å². The first-order chi connectivity index (χ1) is 14.2. The van der Waals surface area contributed by atoms with Crippen LogP contribution in [-0.4, -0.2) is 64.1 Å². The quantitative estimate of drug-likeness (QED) is 0.717. The van der Waals surface area contributed by atoms with Gasteiger partial charge in [-0.15, -0.1) is 0 Å². The highest BCUT2D eigenvalue weighted by Crippen LogP contribution is 2.26. The van der Waals surface area contributed by atoms with Crippen molar-refractivity contribution in [1.82, 2.24) is 30.5 Å². The summed E-state index contributed by atoms with van der Waals surface area (Å²) < 4.78 is 5.49. The second-order valence-corrected chi connectivity index (χ2v) is 8.30. The minimum Gasteiger partial charge on any atom is -0.444 e. The number of pyridine rings is 1. The summed E-state index contributed by atoms with van der Waals surface area (Å²) in [6.45, 7) is 7.13. The fraction of sp³-hybridized carbons (Fsp3) is 0.450. The molecule has 3 rings (SSSR count). The highest BCUT2D eigenvalue weighted by Gasteiger charge is 2.28. The summed E-state index contributed by atoms with van der Waals surface area (Å²) in [5.74, 6) is -0.317. The van der Waals surface area contributed by atoms with Crippen LogP contribution in [0, 0.1) is 0 Å². The van der Waals surface area contributed by atoms with Crippen LogP contribution in [-0.2, 0) is 4.74 Å². The predicted molar refractivity (Wildman–Crippen MR) is 112 cm³/mol. The van der Waals surface area contributed by atoms with Crippen molar-refractivity contribution < 1.29 is 14.3 Å². The van der Waals surface area contributed by atoms with Gasteiger partial charge in [-0.3, -0.25) is 4.79 Å². The van der Waals surface area contributed by atoms with Crippen LogP contribution >= 0.6 is 11.6 Å². The Hall–Kier alpha value is -2.78. The average Bonchev–Trinajstić information content (AvgIpc) is 2.71. The summed E-state index contributed by atoms with van der Waals surface area (Å²) in [5.41, 5.74) is 1.53. The summed E-state index contributed by atoms with van der Waals surface area (Å²) in [6, 6.07) is 5.01. The SMILES string of the molecule is CNC(=O)c1cc(-c2cc([C@H]3CN(C(=O)OC(C)(C)C)CCN3)cc(Cl)n2)ncn1. The van der Waals surface area contributed by atoms with Gasteiger partial charge in [0, 0.05) is 26.7 Å². The molecule has 2 N–H and O–H groups in total. The number of nitrogens with zero attached hydrogens (tertiary/aromatic N) is 4. The Balaban J connectivity index is 1.85. The largest absolute Gasteiger partial charge is 0.444 e. The number of halogens is 1. The zero-order chi connectivity index (χ0) is 21.9. The molecule has 0 bridgehead atoms. The van der Waals surface area contributed by atoms with Crippen molar-refractivity contribution in [3.05, 3.63) is 40.9 Å². The molecule has 1 saturated heterocycles. The van der Waals surface area contributed by atoms with Crippen LogP contribution in [0.15, 0.2) is 24.5 Å². The lowest BCUT2D eigenvalue weighted by molar-refractivity contribution is 0.0195. The van der Waals surface area contributed by atoms with E-state index in [9.17, 15) is 9.59 Å². The van der Waals surface area contributed by atoms with Gasteiger partial charge < -0.3 is 20.3 Å². The van der Waals surface area contributed by atoms with Gasteiger partial charge in [-0.2, -0.15) is 0 Å². The molecule has 0 saturated carbocycles. The second kappa shape index (κ2) is 8.93. The molecule has 0 aliphatic carbocycles. The summed E-state index contributed by atoms with van der Waals surface area (Å²) in [4.78, 5) is 38.5. The van der Waals surface area contributed by atoms with Crippen LogP contribution in [0.5, 0.6) is 0 Å². The normalized spacial score (nSPS) is 16.8. The third kappa shape index (κ3) is 5.43. The van der Waals surface area contributed by atoms with Crippen LogP contribution < -0.4 is 10.6 Å². The van der Waals surface area contributed by atoms with Crippen LogP contribution in [0.2, 0.25) is 5.15 Å². The van der Waals surface area contributed by atoms with E-state index in [0.717, 1.165) is 5.56 Å². The number of amides is 2. The van der Waals surface area contributed by atoms with Crippen molar-refractivity contribution in [2.24, 2.45) is 0 Å². The number of hydrogen-bond acceptors (Lipinski definition) is 7. The number of hydrogen-bond donors (Lipinski definition) is 2. The monoisotopic (exact) mass is 432 g/mol. The lowest BCUT2D eigenvalue weighted by atomic mass is 10.0. The fourth-order valence-corrected chi connectivity index (χ4v) is 3.28. The predicted octanol–water partition coefficient (Wildman–Crippen LogP) is 2.43. The maximum Gasteiger partial charge on any atom is 0.410 e. The van der Waals surface area contributed by atoms with Crippen LogP contribution in [0.25, 0.3) is 11.4 Å². The Morgan fingerprint density at radius 2 is 2.00 bits per heavy atom. The third-order valence-electron chi connectivity index (χ3n) is 4.44. The summed E-state index contributed by atoms with van der Waals surface area (Å²) in [6.07, 6.45) is 0.964. The molecule has 2 aromatic heterocycles. The summed E-state index contributed by atoms with van der Waals surface area (Å²) in [5, 5.41) is 6.22. The molecule has 9 nitrogen and oxygen atoms in total. The number of ether oxygens (including phenoxy) is 1. The lowest BCUT2D eigenvalue weighted by Gasteiger charge is -2.35. The van der Waals surface area contributed by atoms with Crippen molar-refractivity contribution >= 4 is 23.6 Å². The molecular formula is C20H25ClN6O3. The smallest absolute Gasteiger partial charge is 0.410 e. The van der Waals surface area contributed by atoms with Gasteiger partial charge in [-0.05, 0) is 44.5 Å². The van der Waals surface area contributed by atoms with E-state index < -0.39 is 5.60 Å².